The molecule has 0 amide bonds. The third-order valence-electron chi connectivity index (χ3n) is 12.9. The van der Waals surface area contributed by atoms with E-state index in [1.54, 1.807) is 0 Å². The molecule has 0 saturated carbocycles. The summed E-state index contributed by atoms with van der Waals surface area (Å²) in [5.41, 5.74) is 20.3. The first kappa shape index (κ1) is 26.2. The summed E-state index contributed by atoms with van der Waals surface area (Å²) in [7, 11) is 0. The fourth-order valence-electron chi connectivity index (χ4n) is 11.4. The minimum Gasteiger partial charge on any atom is -0.308 e. The Balaban J connectivity index is 1.22. The molecule has 2 aromatic heterocycles. The summed E-state index contributed by atoms with van der Waals surface area (Å²) in [6, 6.07) is 51.8. The van der Waals surface area contributed by atoms with Crippen molar-refractivity contribution in [1.29, 1.82) is 10.5 Å². The van der Waals surface area contributed by atoms with Crippen LogP contribution in [0.1, 0.15) is 102 Å². The largest absolute Gasteiger partial charge is 0.308 e. The third-order valence-corrected chi connectivity index (χ3v) is 12.9. The van der Waals surface area contributed by atoms with E-state index in [1.807, 2.05) is 0 Å². The van der Waals surface area contributed by atoms with Gasteiger partial charge in [0, 0.05) is 45.2 Å². The molecule has 2 heterocycles. The van der Waals surface area contributed by atoms with Gasteiger partial charge in [0.2, 0.25) is 0 Å². The molecule has 232 valence electrons. The van der Waals surface area contributed by atoms with Crippen molar-refractivity contribution in [3.8, 4) is 12.1 Å². The Morgan fingerprint density at radius 3 is 1.02 bits per heavy atom. The van der Waals surface area contributed by atoms with Crippen molar-refractivity contribution >= 4 is 38.1 Å². The summed E-state index contributed by atoms with van der Waals surface area (Å²) in [5, 5.41) is 26.7. The molecule has 15 rings (SSSR count). The molecule has 0 aliphatic heterocycles. The second-order valence-electron chi connectivity index (χ2n) is 14.8. The van der Waals surface area contributed by atoms with Gasteiger partial charge in [-0.15, -0.1) is 0 Å². The summed E-state index contributed by atoms with van der Waals surface area (Å²) >= 11 is 0. The van der Waals surface area contributed by atoms with Gasteiger partial charge in [0.1, 0.15) is 0 Å². The van der Waals surface area contributed by atoms with Gasteiger partial charge < -0.3 is 4.40 Å². The van der Waals surface area contributed by atoms with Crippen molar-refractivity contribution in [2.24, 2.45) is 0 Å². The normalized spacial score (nSPS) is 19.7. The van der Waals surface area contributed by atoms with Gasteiger partial charge in [-0.1, -0.05) is 115 Å². The van der Waals surface area contributed by atoms with Crippen LogP contribution in [0.4, 0.5) is 0 Å². The van der Waals surface area contributed by atoms with Crippen LogP contribution in [-0.4, -0.2) is 4.40 Å². The van der Waals surface area contributed by atoms with E-state index in [-0.39, 0.29) is 23.7 Å². The van der Waals surface area contributed by atoms with Gasteiger partial charge in [-0.05, 0) is 78.9 Å². The van der Waals surface area contributed by atoms with Gasteiger partial charge in [-0.25, -0.2) is 0 Å². The first-order valence-electron chi connectivity index (χ1n) is 17.8. The van der Waals surface area contributed by atoms with Gasteiger partial charge in [-0.2, -0.15) is 10.5 Å². The monoisotopic (exact) mass is 643 g/mol. The zero-order chi connectivity index (χ0) is 33.3. The van der Waals surface area contributed by atoms with Crippen LogP contribution < -0.4 is 0 Å². The number of para-hydroxylation sites is 1. The Morgan fingerprint density at radius 2 is 0.706 bits per heavy atom. The highest BCUT2D eigenvalue weighted by molar-refractivity contribution is 6.26. The summed E-state index contributed by atoms with van der Waals surface area (Å²) in [6.45, 7) is 0. The van der Waals surface area contributed by atoms with Crippen molar-refractivity contribution in [3.05, 3.63) is 205 Å². The molecule has 0 saturated heterocycles. The minimum atomic E-state index is 0.0150. The van der Waals surface area contributed by atoms with Crippen LogP contribution >= 0.6 is 0 Å². The summed E-state index contributed by atoms with van der Waals surface area (Å²) in [6.07, 6.45) is 0. The number of nitrogens with zero attached hydrogens (tertiary/aromatic N) is 3. The molecule has 7 aromatic carbocycles. The SMILES string of the molecule is N#Cc1cc2c(c3c1C1c4ccccc4C3c3ccccc31)c1cccc3c4c5c(c(C#N)cc4n2c13)C1c2ccccc2C5c2ccccc21. The van der Waals surface area contributed by atoms with E-state index in [0.717, 1.165) is 33.3 Å². The molecule has 6 aliphatic carbocycles. The van der Waals surface area contributed by atoms with Gasteiger partial charge in [0.05, 0.1) is 39.8 Å². The highest BCUT2D eigenvalue weighted by atomic mass is 14.9. The van der Waals surface area contributed by atoms with Crippen LogP contribution in [0.25, 0.3) is 38.1 Å². The summed E-state index contributed by atoms with van der Waals surface area (Å²) in [5.74, 6) is 0.107. The van der Waals surface area contributed by atoms with E-state index in [0.29, 0.717) is 0 Å². The Hall–Kier alpha value is -6.68. The molecular formula is C48H25N3. The molecule has 51 heavy (non-hydrogen) atoms. The predicted molar refractivity (Wildman–Crippen MR) is 200 cm³/mol. The second kappa shape index (κ2) is 8.72. The summed E-state index contributed by atoms with van der Waals surface area (Å²) in [4.78, 5) is 0. The average Bonchev–Trinajstić information content (AvgIpc) is 3.72. The molecule has 3 nitrogen and oxygen atoms in total. The quantitative estimate of drug-likeness (QED) is 0.165. The van der Waals surface area contributed by atoms with Crippen LogP contribution in [0.2, 0.25) is 0 Å². The van der Waals surface area contributed by atoms with Gasteiger partial charge in [0.25, 0.3) is 0 Å². The number of hydrogen-bond donors (Lipinski definition) is 0. The molecule has 0 N–H and O–H groups in total. The molecule has 0 unspecified atom stereocenters. The highest BCUT2D eigenvalue weighted by Gasteiger charge is 2.46. The number of fused-ring (bicyclic) bond motifs is 6. The lowest BCUT2D eigenvalue weighted by atomic mass is 9.59. The van der Waals surface area contributed by atoms with E-state index in [9.17, 15) is 10.5 Å². The van der Waals surface area contributed by atoms with E-state index in [1.165, 1.54) is 82.7 Å². The number of aromatic nitrogens is 1. The van der Waals surface area contributed by atoms with E-state index >= 15 is 0 Å². The van der Waals surface area contributed by atoms with Crippen molar-refractivity contribution < 1.29 is 0 Å². The molecule has 0 spiro atoms. The lowest BCUT2D eigenvalue weighted by Crippen LogP contribution is -2.28. The Kier molecular flexibility index (Phi) is 4.48. The summed E-state index contributed by atoms with van der Waals surface area (Å²) < 4.78 is 2.40. The van der Waals surface area contributed by atoms with E-state index in [4.69, 9.17) is 0 Å². The van der Waals surface area contributed by atoms with Crippen LogP contribution in [0.5, 0.6) is 0 Å². The third kappa shape index (κ3) is 2.77. The topological polar surface area (TPSA) is 52.0 Å². The van der Waals surface area contributed by atoms with Gasteiger partial charge in [0.15, 0.2) is 0 Å². The molecule has 6 aliphatic rings. The lowest BCUT2D eigenvalue weighted by Gasteiger charge is -2.43. The minimum absolute atomic E-state index is 0.0150. The number of hydrogen-bond acceptors (Lipinski definition) is 2. The molecule has 3 heteroatoms. The van der Waals surface area contributed by atoms with Gasteiger partial charge in [-0.3, -0.25) is 0 Å². The van der Waals surface area contributed by atoms with E-state index in [2.05, 4.69) is 144 Å². The molecule has 9 aromatic rings. The van der Waals surface area contributed by atoms with Crippen molar-refractivity contribution in [1.82, 2.24) is 4.40 Å². The van der Waals surface area contributed by atoms with Crippen LogP contribution in [0, 0.1) is 22.7 Å². The number of benzene rings is 7. The Morgan fingerprint density at radius 1 is 0.392 bits per heavy atom. The Labute approximate surface area is 293 Å². The van der Waals surface area contributed by atoms with E-state index < -0.39 is 0 Å². The highest BCUT2D eigenvalue weighted by Crippen LogP contribution is 2.62. The first-order chi connectivity index (χ1) is 25.3. The van der Waals surface area contributed by atoms with Gasteiger partial charge >= 0.3 is 0 Å². The van der Waals surface area contributed by atoms with Crippen molar-refractivity contribution in [3.63, 3.8) is 0 Å². The zero-order valence-electron chi connectivity index (χ0n) is 27.3. The van der Waals surface area contributed by atoms with Crippen molar-refractivity contribution in [2.45, 2.75) is 23.7 Å². The molecule has 0 atom stereocenters. The molecular weight excluding hydrogens is 619 g/mol. The van der Waals surface area contributed by atoms with Crippen molar-refractivity contribution in [2.75, 3.05) is 0 Å². The smallest absolute Gasteiger partial charge is 0.0995 e. The number of rotatable bonds is 0. The fraction of sp³-hybridized carbons (Fsp3) is 0.0833. The molecule has 0 radical (unpaired) electrons. The van der Waals surface area contributed by atoms with Crippen LogP contribution in [-0.2, 0) is 0 Å². The van der Waals surface area contributed by atoms with Crippen LogP contribution in [0.3, 0.4) is 0 Å². The van der Waals surface area contributed by atoms with Crippen LogP contribution in [0.15, 0.2) is 127 Å². The fourth-order valence-corrected chi connectivity index (χ4v) is 11.4. The predicted octanol–water partition coefficient (Wildman–Crippen LogP) is 10.6. The second-order valence-corrected chi connectivity index (χ2v) is 14.8. The zero-order valence-corrected chi connectivity index (χ0v) is 27.3. The molecule has 4 bridgehead atoms. The average molecular weight is 644 g/mol. The maximum atomic E-state index is 10.9. The maximum absolute atomic E-state index is 10.9. The Bertz CT molecular complexity index is 2900. The first-order valence-corrected chi connectivity index (χ1v) is 17.8. The lowest BCUT2D eigenvalue weighted by molar-refractivity contribution is 0.758. The maximum Gasteiger partial charge on any atom is 0.0995 e. The standard InChI is InChI=1S/C48H25N3/c49-22-24-20-36-44(46-38(24)40-26-10-1-5-14-30(26)42(46)31-15-6-2-11-27(31)40)34-18-9-19-35-45-37(51(36)48(34)35)21-25(23-50)39-41-28-12-3-7-16-32(28)43(47(39)45)33-17-8-4-13-29(33)41/h1-21,40-43H. The molecule has 0 fully saturated rings. The number of nitriles is 2.